The van der Waals surface area contributed by atoms with Crippen LogP contribution in [0, 0.1) is 5.82 Å². The molecule has 0 saturated heterocycles. The summed E-state index contributed by atoms with van der Waals surface area (Å²) in [5.41, 5.74) is 2.82. The summed E-state index contributed by atoms with van der Waals surface area (Å²) < 4.78 is 25.2. The molecule has 1 atom stereocenters. The fourth-order valence-corrected chi connectivity index (χ4v) is 3.94. The highest BCUT2D eigenvalue weighted by Crippen LogP contribution is 2.37. The first-order chi connectivity index (χ1) is 16.0. The van der Waals surface area contributed by atoms with Crippen LogP contribution < -0.4 is 10.1 Å². The van der Waals surface area contributed by atoms with E-state index in [1.54, 1.807) is 17.0 Å². The molecule has 1 N–H and O–H groups in total. The van der Waals surface area contributed by atoms with Crippen molar-refractivity contribution in [2.75, 3.05) is 13.1 Å². The molecule has 1 aromatic heterocycles. The highest BCUT2D eigenvalue weighted by atomic mass is 19.1. The molecule has 2 amide bonds. The maximum atomic E-state index is 14.0. The van der Waals surface area contributed by atoms with Crippen LogP contribution >= 0.6 is 0 Å². The average Bonchev–Trinajstić information content (AvgIpc) is 3.29. The van der Waals surface area contributed by atoms with Gasteiger partial charge in [0, 0.05) is 20.0 Å². The normalized spacial score (nSPS) is 15.0. The molecule has 2 heterocycles. The summed E-state index contributed by atoms with van der Waals surface area (Å²) in [4.78, 5) is 30.2. The van der Waals surface area contributed by atoms with Gasteiger partial charge in [-0.15, -0.1) is 6.58 Å². The van der Waals surface area contributed by atoms with Gasteiger partial charge in [-0.2, -0.15) is 0 Å². The first-order valence-electron chi connectivity index (χ1n) is 10.6. The lowest BCUT2D eigenvalue weighted by atomic mass is 9.88. The number of amides is 2. The van der Waals surface area contributed by atoms with Gasteiger partial charge in [-0.1, -0.05) is 24.3 Å². The molecule has 0 aliphatic carbocycles. The van der Waals surface area contributed by atoms with Crippen LogP contribution in [0.5, 0.6) is 5.75 Å². The van der Waals surface area contributed by atoms with Crippen LogP contribution in [0.4, 0.5) is 4.39 Å². The van der Waals surface area contributed by atoms with Gasteiger partial charge in [-0.3, -0.25) is 9.59 Å². The van der Waals surface area contributed by atoms with E-state index < -0.39 is 6.04 Å². The van der Waals surface area contributed by atoms with Gasteiger partial charge in [0.2, 0.25) is 11.8 Å². The molecule has 0 spiro atoms. The fourth-order valence-electron chi connectivity index (χ4n) is 3.94. The summed E-state index contributed by atoms with van der Waals surface area (Å²) in [5, 5.41) is 2.63. The monoisotopic (exact) mass is 449 g/mol. The van der Waals surface area contributed by atoms with Crippen LogP contribution in [0.1, 0.15) is 46.0 Å². The third-order valence-corrected chi connectivity index (χ3v) is 5.47. The molecule has 1 aliphatic heterocycles. The van der Waals surface area contributed by atoms with E-state index in [4.69, 9.17) is 9.15 Å². The van der Waals surface area contributed by atoms with Crippen molar-refractivity contribution >= 4 is 11.8 Å². The quantitative estimate of drug-likeness (QED) is 0.555. The Morgan fingerprint density at radius 2 is 2.18 bits per heavy atom. The number of carbonyl (C=O) groups is 2. The summed E-state index contributed by atoms with van der Waals surface area (Å²) in [6.07, 6.45) is 3.54. The van der Waals surface area contributed by atoms with Gasteiger partial charge < -0.3 is 19.4 Å². The summed E-state index contributed by atoms with van der Waals surface area (Å²) in [6.45, 7) is 5.97. The van der Waals surface area contributed by atoms with Crippen molar-refractivity contribution in [1.82, 2.24) is 15.2 Å². The lowest BCUT2D eigenvalue weighted by Crippen LogP contribution is -2.39. The number of ether oxygens (including phenoxy) is 1. The number of nitrogens with one attached hydrogen (secondary N) is 1. The van der Waals surface area contributed by atoms with Gasteiger partial charge in [0.1, 0.15) is 17.8 Å². The number of oxazole rings is 1. The molecule has 170 valence electrons. The van der Waals surface area contributed by atoms with Crippen LogP contribution in [0.3, 0.4) is 0 Å². The third-order valence-electron chi connectivity index (χ3n) is 5.47. The first-order valence-corrected chi connectivity index (χ1v) is 10.6. The molecule has 8 heteroatoms. The van der Waals surface area contributed by atoms with E-state index in [-0.39, 0.29) is 35.8 Å². The molecule has 0 fully saturated rings. The second-order valence-corrected chi connectivity index (χ2v) is 7.69. The summed E-state index contributed by atoms with van der Waals surface area (Å²) in [7, 11) is 0. The van der Waals surface area contributed by atoms with Crippen LogP contribution in [-0.2, 0) is 17.8 Å². The second kappa shape index (κ2) is 9.68. The Morgan fingerprint density at radius 1 is 1.33 bits per heavy atom. The largest absolute Gasteiger partial charge is 0.484 e. The molecule has 0 saturated carbocycles. The second-order valence-electron chi connectivity index (χ2n) is 7.69. The van der Waals surface area contributed by atoms with Crippen LogP contribution in [-0.4, -0.2) is 34.8 Å². The number of hydrogen-bond acceptors (Lipinski definition) is 5. The smallest absolute Gasteiger partial charge is 0.273 e. The van der Waals surface area contributed by atoms with E-state index in [0.29, 0.717) is 30.8 Å². The van der Waals surface area contributed by atoms with E-state index >= 15 is 0 Å². The Morgan fingerprint density at radius 3 is 2.94 bits per heavy atom. The Hall–Kier alpha value is -3.94. The van der Waals surface area contributed by atoms with Crippen LogP contribution in [0.2, 0.25) is 0 Å². The van der Waals surface area contributed by atoms with Gasteiger partial charge >= 0.3 is 0 Å². The Labute approximate surface area is 190 Å². The minimum atomic E-state index is -0.410. The molecule has 2 aromatic carbocycles. The molecule has 4 rings (SSSR count). The van der Waals surface area contributed by atoms with Crippen molar-refractivity contribution in [3.8, 4) is 5.75 Å². The summed E-state index contributed by atoms with van der Waals surface area (Å²) >= 11 is 0. The number of fused-ring (bicyclic) bond motifs is 1. The van der Waals surface area contributed by atoms with Crippen molar-refractivity contribution in [2.24, 2.45) is 0 Å². The van der Waals surface area contributed by atoms with Crippen LogP contribution in [0.25, 0.3) is 0 Å². The van der Waals surface area contributed by atoms with Crippen molar-refractivity contribution < 1.29 is 23.1 Å². The number of aromatic nitrogens is 1. The molecule has 7 nitrogen and oxygen atoms in total. The number of hydrogen-bond donors (Lipinski definition) is 1. The third kappa shape index (κ3) is 4.95. The molecule has 1 aliphatic rings. The van der Waals surface area contributed by atoms with Crippen LogP contribution in [0.15, 0.2) is 65.8 Å². The van der Waals surface area contributed by atoms with Gasteiger partial charge in [-0.25, -0.2) is 9.37 Å². The van der Waals surface area contributed by atoms with E-state index in [0.717, 1.165) is 11.1 Å². The van der Waals surface area contributed by atoms with Gasteiger partial charge in [0.25, 0.3) is 5.91 Å². The minimum absolute atomic E-state index is 0.0224. The van der Waals surface area contributed by atoms with E-state index in [1.807, 2.05) is 24.3 Å². The number of benzene rings is 2. The van der Waals surface area contributed by atoms with Crippen molar-refractivity contribution in [2.45, 2.75) is 26.0 Å². The first kappa shape index (κ1) is 22.3. The van der Waals surface area contributed by atoms with Crippen molar-refractivity contribution in [3.05, 3.63) is 95.5 Å². The standard InChI is InChI=1S/C25H24FN3O4/c1-3-10-27-25(31)22-14-33-23(28-22)15-32-20-8-7-17-9-11-29(16(2)30)24(21(17)13-20)18-5-4-6-19(26)12-18/h3-8,12-14,24H,1,9-11,15H2,2H3,(H,27,31). The summed E-state index contributed by atoms with van der Waals surface area (Å²) in [5.74, 6) is 0.0107. The Kier molecular flexibility index (Phi) is 6.53. The van der Waals surface area contributed by atoms with E-state index in [9.17, 15) is 14.0 Å². The fraction of sp³-hybridized carbons (Fsp3) is 0.240. The van der Waals surface area contributed by atoms with Gasteiger partial charge in [0.15, 0.2) is 12.3 Å². The lowest BCUT2D eigenvalue weighted by molar-refractivity contribution is -0.130. The molecule has 0 radical (unpaired) electrons. The summed E-state index contributed by atoms with van der Waals surface area (Å²) in [6, 6.07) is 11.5. The maximum Gasteiger partial charge on any atom is 0.273 e. The molecular weight excluding hydrogens is 425 g/mol. The zero-order valence-electron chi connectivity index (χ0n) is 18.2. The van der Waals surface area contributed by atoms with Crippen molar-refractivity contribution in [1.29, 1.82) is 0 Å². The van der Waals surface area contributed by atoms with E-state index in [2.05, 4.69) is 16.9 Å². The van der Waals surface area contributed by atoms with Gasteiger partial charge in [-0.05, 0) is 47.4 Å². The number of carbonyl (C=O) groups excluding carboxylic acids is 2. The Balaban J connectivity index is 1.56. The maximum absolute atomic E-state index is 14.0. The lowest BCUT2D eigenvalue weighted by Gasteiger charge is -2.37. The number of nitrogens with zero attached hydrogens (tertiary/aromatic N) is 2. The predicted octanol–water partition coefficient (Wildman–Crippen LogP) is 3.80. The highest BCUT2D eigenvalue weighted by Gasteiger charge is 2.31. The molecule has 0 bridgehead atoms. The number of halogens is 1. The Bertz CT molecular complexity index is 1190. The molecule has 3 aromatic rings. The zero-order valence-corrected chi connectivity index (χ0v) is 18.2. The van der Waals surface area contributed by atoms with E-state index in [1.165, 1.54) is 25.3 Å². The molecular formula is C25H24FN3O4. The minimum Gasteiger partial charge on any atom is -0.484 e. The SMILES string of the molecule is C=CCNC(=O)c1coc(COc2ccc3c(c2)C(c2cccc(F)c2)N(C(C)=O)CC3)n1. The van der Waals surface area contributed by atoms with Crippen molar-refractivity contribution in [3.63, 3.8) is 0 Å². The average molecular weight is 449 g/mol. The predicted molar refractivity (Wildman–Crippen MR) is 119 cm³/mol. The molecule has 1 unspecified atom stereocenters. The number of rotatable bonds is 7. The zero-order chi connectivity index (χ0) is 23.4. The molecule has 33 heavy (non-hydrogen) atoms. The highest BCUT2D eigenvalue weighted by molar-refractivity contribution is 5.91. The van der Waals surface area contributed by atoms with Gasteiger partial charge in [0.05, 0.1) is 6.04 Å². The topological polar surface area (TPSA) is 84.7 Å².